The number of nitrogens with zero attached hydrogens (tertiary/aromatic N) is 5. The predicted octanol–water partition coefficient (Wildman–Crippen LogP) is 3.10. The van der Waals surface area contributed by atoms with Crippen LogP contribution in [-0.2, 0) is 11.2 Å². The van der Waals surface area contributed by atoms with Crippen LogP contribution in [0.2, 0.25) is 0 Å². The fourth-order valence-electron chi connectivity index (χ4n) is 4.38. The molecule has 1 aliphatic rings. The first-order valence-electron chi connectivity index (χ1n) is 11.7. The summed E-state index contributed by atoms with van der Waals surface area (Å²) in [5.41, 5.74) is 2.64. The minimum atomic E-state index is 0.0000356. The monoisotopic (exact) mass is 451 g/mol. The summed E-state index contributed by atoms with van der Waals surface area (Å²) in [4.78, 5) is 33.8. The number of aromatic nitrogens is 4. The molecule has 0 spiro atoms. The van der Waals surface area contributed by atoms with Crippen molar-refractivity contribution in [2.75, 3.05) is 50.1 Å². The van der Waals surface area contributed by atoms with Gasteiger partial charge in [-0.3, -0.25) is 4.79 Å². The highest BCUT2D eigenvalue weighted by atomic mass is 16.5. The van der Waals surface area contributed by atoms with Gasteiger partial charge in [0.05, 0.1) is 13.0 Å². The molecule has 0 radical (unpaired) electrons. The molecule has 0 bridgehead atoms. The molecule has 1 amide bonds. The fourth-order valence-corrected chi connectivity index (χ4v) is 4.38. The van der Waals surface area contributed by atoms with E-state index in [9.17, 15) is 4.79 Å². The van der Waals surface area contributed by atoms with Crippen molar-refractivity contribution in [1.29, 1.82) is 0 Å². The van der Waals surface area contributed by atoms with Gasteiger partial charge in [-0.25, -0.2) is 9.97 Å². The number of nitrogens with one attached hydrogen (secondary N) is 2. The second kappa shape index (κ2) is 10.5. The Kier molecular flexibility index (Phi) is 7.26. The molecule has 33 heavy (non-hydrogen) atoms. The number of piperidine rings is 1. The highest BCUT2D eigenvalue weighted by Gasteiger charge is 2.29. The van der Waals surface area contributed by atoms with Crippen molar-refractivity contribution >= 4 is 28.8 Å². The number of hydrogen-bond acceptors (Lipinski definition) is 7. The summed E-state index contributed by atoms with van der Waals surface area (Å²) < 4.78 is 5.22. The van der Waals surface area contributed by atoms with Gasteiger partial charge in [-0.1, -0.05) is 12.1 Å². The van der Waals surface area contributed by atoms with Crippen molar-refractivity contribution < 1.29 is 9.53 Å². The third-order valence-electron chi connectivity index (χ3n) is 6.29. The number of fused-ring (bicyclic) bond motifs is 1. The molecule has 9 nitrogen and oxygen atoms in total. The van der Waals surface area contributed by atoms with E-state index < -0.39 is 0 Å². The lowest BCUT2D eigenvalue weighted by Gasteiger charge is -2.34. The maximum atomic E-state index is 12.9. The number of hydrogen-bond donors (Lipinski definition) is 2. The topological polar surface area (TPSA) is 99.3 Å². The van der Waals surface area contributed by atoms with Gasteiger partial charge in [-0.2, -0.15) is 4.98 Å². The molecule has 3 heterocycles. The number of aromatic amines is 1. The van der Waals surface area contributed by atoms with Crippen LogP contribution in [0.1, 0.15) is 32.3 Å². The Labute approximate surface area is 194 Å². The van der Waals surface area contributed by atoms with Crippen molar-refractivity contribution in [2.45, 2.75) is 33.1 Å². The molecule has 4 rings (SSSR count). The predicted molar refractivity (Wildman–Crippen MR) is 130 cm³/mol. The van der Waals surface area contributed by atoms with Gasteiger partial charge in [0.15, 0.2) is 11.5 Å². The standard InChI is InChI=1S/C24H33N7O2/c1-4-30(5-2)23(32)18-7-6-14-31(15-18)24-28-20-21(26-16-27-22(20)29-24)25-13-12-17-8-10-19(33-3)11-9-17/h8-11,16,18H,4-7,12-15H2,1-3H3,(H2,25,26,27,28,29). The molecule has 1 saturated heterocycles. The summed E-state index contributed by atoms with van der Waals surface area (Å²) in [6.45, 7) is 7.83. The minimum absolute atomic E-state index is 0.0000356. The lowest BCUT2D eigenvalue weighted by molar-refractivity contribution is -0.135. The first kappa shape index (κ1) is 22.8. The van der Waals surface area contributed by atoms with E-state index in [1.165, 1.54) is 11.9 Å². The van der Waals surface area contributed by atoms with E-state index in [0.29, 0.717) is 12.2 Å². The number of carbonyl (C=O) groups excluding carboxylic acids is 1. The summed E-state index contributed by atoms with van der Waals surface area (Å²) >= 11 is 0. The lowest BCUT2D eigenvalue weighted by atomic mass is 9.96. The molecule has 3 aromatic rings. The quantitative estimate of drug-likeness (QED) is 0.516. The van der Waals surface area contributed by atoms with Gasteiger partial charge in [0, 0.05) is 32.7 Å². The second-order valence-electron chi connectivity index (χ2n) is 8.30. The zero-order chi connectivity index (χ0) is 23.2. The van der Waals surface area contributed by atoms with Crippen LogP contribution in [0.15, 0.2) is 30.6 Å². The van der Waals surface area contributed by atoms with Gasteiger partial charge in [-0.05, 0) is 50.8 Å². The molecule has 9 heteroatoms. The number of rotatable bonds is 9. The highest BCUT2D eigenvalue weighted by Crippen LogP contribution is 2.26. The SMILES string of the molecule is CCN(CC)C(=O)C1CCCN(c2nc3ncnc(NCCc4ccc(OC)cc4)c3[nH]2)C1. The summed E-state index contributed by atoms with van der Waals surface area (Å²) in [5.74, 6) is 2.58. The van der Waals surface area contributed by atoms with Crippen LogP contribution in [0.5, 0.6) is 5.75 Å². The first-order valence-corrected chi connectivity index (χ1v) is 11.7. The Hall–Kier alpha value is -3.36. The van der Waals surface area contributed by atoms with Crippen LogP contribution in [0, 0.1) is 5.92 Å². The van der Waals surface area contributed by atoms with Crippen molar-refractivity contribution in [3.63, 3.8) is 0 Å². The third-order valence-corrected chi connectivity index (χ3v) is 6.29. The number of anilines is 2. The maximum absolute atomic E-state index is 12.9. The van der Waals surface area contributed by atoms with Gasteiger partial charge < -0.3 is 24.8 Å². The summed E-state index contributed by atoms with van der Waals surface area (Å²) in [7, 11) is 1.67. The van der Waals surface area contributed by atoms with Gasteiger partial charge in [0.2, 0.25) is 11.9 Å². The van der Waals surface area contributed by atoms with Crippen LogP contribution >= 0.6 is 0 Å². The number of methoxy groups -OCH3 is 1. The van der Waals surface area contributed by atoms with E-state index in [0.717, 1.165) is 68.5 Å². The average molecular weight is 452 g/mol. The maximum Gasteiger partial charge on any atom is 0.227 e. The minimum Gasteiger partial charge on any atom is -0.497 e. The van der Waals surface area contributed by atoms with Crippen molar-refractivity contribution in [3.05, 3.63) is 36.2 Å². The molecule has 176 valence electrons. The summed E-state index contributed by atoms with van der Waals surface area (Å²) in [6, 6.07) is 8.07. The molecule has 2 N–H and O–H groups in total. The molecule has 0 aliphatic carbocycles. The average Bonchev–Trinajstić information content (AvgIpc) is 3.31. The number of carbonyl (C=O) groups is 1. The highest BCUT2D eigenvalue weighted by molar-refractivity contribution is 5.84. The van der Waals surface area contributed by atoms with Crippen molar-refractivity contribution in [3.8, 4) is 5.75 Å². The van der Waals surface area contributed by atoms with Crippen LogP contribution in [0.25, 0.3) is 11.2 Å². The lowest BCUT2D eigenvalue weighted by Crippen LogP contribution is -2.45. The van der Waals surface area contributed by atoms with Crippen LogP contribution < -0.4 is 15.0 Å². The number of imidazole rings is 1. The molecular weight excluding hydrogens is 418 g/mol. The third kappa shape index (κ3) is 5.18. The van der Waals surface area contributed by atoms with E-state index in [1.807, 2.05) is 30.9 Å². The largest absolute Gasteiger partial charge is 0.497 e. The molecule has 1 atom stereocenters. The zero-order valence-electron chi connectivity index (χ0n) is 19.7. The molecule has 1 unspecified atom stereocenters. The van der Waals surface area contributed by atoms with Crippen LogP contribution in [-0.4, -0.2) is 70.6 Å². The van der Waals surface area contributed by atoms with Crippen molar-refractivity contribution in [1.82, 2.24) is 24.8 Å². The Bertz CT molecular complexity index is 1060. The van der Waals surface area contributed by atoms with E-state index in [2.05, 4.69) is 37.3 Å². The van der Waals surface area contributed by atoms with E-state index in [4.69, 9.17) is 9.72 Å². The number of H-pyrrole nitrogens is 1. The van der Waals surface area contributed by atoms with Gasteiger partial charge in [-0.15, -0.1) is 0 Å². The first-order chi connectivity index (χ1) is 16.1. The van der Waals surface area contributed by atoms with E-state index >= 15 is 0 Å². The molecule has 1 aliphatic heterocycles. The van der Waals surface area contributed by atoms with Crippen molar-refractivity contribution in [2.24, 2.45) is 5.92 Å². The zero-order valence-corrected chi connectivity index (χ0v) is 19.7. The van der Waals surface area contributed by atoms with E-state index in [-0.39, 0.29) is 11.8 Å². The Morgan fingerprint density at radius 1 is 1.24 bits per heavy atom. The second-order valence-corrected chi connectivity index (χ2v) is 8.30. The molecule has 2 aromatic heterocycles. The molecule has 1 aromatic carbocycles. The Morgan fingerprint density at radius 3 is 2.76 bits per heavy atom. The molecule has 0 saturated carbocycles. The van der Waals surface area contributed by atoms with Gasteiger partial charge >= 0.3 is 0 Å². The summed E-state index contributed by atoms with van der Waals surface area (Å²) in [6.07, 6.45) is 4.28. The summed E-state index contributed by atoms with van der Waals surface area (Å²) in [5, 5.41) is 3.41. The Balaban J connectivity index is 1.43. The number of benzene rings is 1. The Morgan fingerprint density at radius 2 is 2.03 bits per heavy atom. The molecule has 1 fully saturated rings. The van der Waals surface area contributed by atoms with Crippen LogP contribution in [0.3, 0.4) is 0 Å². The van der Waals surface area contributed by atoms with E-state index in [1.54, 1.807) is 7.11 Å². The van der Waals surface area contributed by atoms with Crippen LogP contribution in [0.4, 0.5) is 11.8 Å². The molecular formula is C24H33N7O2. The smallest absolute Gasteiger partial charge is 0.227 e. The number of amides is 1. The number of ether oxygens (including phenoxy) is 1. The van der Waals surface area contributed by atoms with Gasteiger partial charge in [0.25, 0.3) is 0 Å². The van der Waals surface area contributed by atoms with Gasteiger partial charge in [0.1, 0.15) is 17.6 Å². The fraction of sp³-hybridized carbons (Fsp3) is 0.500. The normalized spacial score (nSPS) is 16.1.